The SMILES string of the molecule is COC(=O)CNC(=O)c1cc(N)cn1C. The molecule has 82 valence electrons. The second-order valence-electron chi connectivity index (χ2n) is 3.03. The van der Waals surface area contributed by atoms with Crippen molar-refractivity contribution in [2.24, 2.45) is 7.05 Å². The van der Waals surface area contributed by atoms with Gasteiger partial charge in [0.25, 0.3) is 5.91 Å². The number of aromatic nitrogens is 1. The molecule has 0 aromatic carbocycles. The number of rotatable bonds is 3. The van der Waals surface area contributed by atoms with Gasteiger partial charge in [-0.25, -0.2) is 0 Å². The van der Waals surface area contributed by atoms with Crippen molar-refractivity contribution in [1.82, 2.24) is 9.88 Å². The summed E-state index contributed by atoms with van der Waals surface area (Å²) in [6.07, 6.45) is 1.62. The number of esters is 1. The van der Waals surface area contributed by atoms with Gasteiger partial charge in [-0.2, -0.15) is 0 Å². The smallest absolute Gasteiger partial charge is 0.325 e. The maximum Gasteiger partial charge on any atom is 0.325 e. The van der Waals surface area contributed by atoms with Crippen molar-refractivity contribution in [2.45, 2.75) is 0 Å². The van der Waals surface area contributed by atoms with Crippen molar-refractivity contribution < 1.29 is 14.3 Å². The van der Waals surface area contributed by atoms with E-state index < -0.39 is 5.97 Å². The highest BCUT2D eigenvalue weighted by molar-refractivity contribution is 5.95. The molecule has 1 aromatic heterocycles. The van der Waals surface area contributed by atoms with E-state index >= 15 is 0 Å². The molecule has 0 saturated carbocycles. The Kier molecular flexibility index (Phi) is 3.33. The van der Waals surface area contributed by atoms with Crippen LogP contribution in [0, 0.1) is 0 Å². The molecule has 6 nitrogen and oxygen atoms in total. The van der Waals surface area contributed by atoms with Crippen LogP contribution in [0.4, 0.5) is 5.69 Å². The third kappa shape index (κ3) is 2.73. The monoisotopic (exact) mass is 211 g/mol. The fraction of sp³-hybridized carbons (Fsp3) is 0.333. The van der Waals surface area contributed by atoms with Gasteiger partial charge in [-0.3, -0.25) is 9.59 Å². The van der Waals surface area contributed by atoms with E-state index in [0.29, 0.717) is 11.4 Å². The molecule has 0 fully saturated rings. The average molecular weight is 211 g/mol. The second-order valence-corrected chi connectivity index (χ2v) is 3.03. The number of carbonyl (C=O) groups is 2. The van der Waals surface area contributed by atoms with Crippen LogP contribution in [0.3, 0.4) is 0 Å². The molecule has 0 radical (unpaired) electrons. The zero-order chi connectivity index (χ0) is 11.4. The molecule has 15 heavy (non-hydrogen) atoms. The maximum absolute atomic E-state index is 11.5. The summed E-state index contributed by atoms with van der Waals surface area (Å²) in [4.78, 5) is 22.3. The number of nitrogen functional groups attached to an aromatic ring is 1. The highest BCUT2D eigenvalue weighted by Crippen LogP contribution is 2.07. The first kappa shape index (κ1) is 11.1. The van der Waals surface area contributed by atoms with Crippen molar-refractivity contribution in [2.75, 3.05) is 19.4 Å². The minimum absolute atomic E-state index is 0.152. The lowest BCUT2D eigenvalue weighted by atomic mass is 10.4. The van der Waals surface area contributed by atoms with Crippen LogP contribution in [0.25, 0.3) is 0 Å². The van der Waals surface area contributed by atoms with E-state index in [0.717, 1.165) is 0 Å². The number of aryl methyl sites for hydroxylation is 1. The molecule has 0 unspecified atom stereocenters. The molecule has 0 aliphatic carbocycles. The van der Waals surface area contributed by atoms with Crippen LogP contribution in [0.2, 0.25) is 0 Å². The molecular formula is C9H13N3O3. The van der Waals surface area contributed by atoms with Gasteiger partial charge in [0, 0.05) is 13.2 Å². The Morgan fingerprint density at radius 2 is 2.27 bits per heavy atom. The topological polar surface area (TPSA) is 86.3 Å². The third-order valence-corrected chi connectivity index (χ3v) is 1.88. The minimum Gasteiger partial charge on any atom is -0.468 e. The quantitative estimate of drug-likeness (QED) is 0.660. The standard InChI is InChI=1S/C9H13N3O3/c1-12-5-6(10)3-7(12)9(14)11-4-8(13)15-2/h3,5H,4,10H2,1-2H3,(H,11,14). The lowest BCUT2D eigenvalue weighted by molar-refractivity contribution is -0.139. The zero-order valence-corrected chi connectivity index (χ0v) is 8.61. The van der Waals surface area contributed by atoms with Crippen LogP contribution in [0.15, 0.2) is 12.3 Å². The van der Waals surface area contributed by atoms with Crippen LogP contribution in [0.5, 0.6) is 0 Å². The molecule has 1 heterocycles. The summed E-state index contributed by atoms with van der Waals surface area (Å²) in [6, 6.07) is 1.53. The van der Waals surface area contributed by atoms with Gasteiger partial charge in [-0.1, -0.05) is 0 Å². The predicted molar refractivity (Wildman–Crippen MR) is 54.2 cm³/mol. The fourth-order valence-corrected chi connectivity index (χ4v) is 1.13. The predicted octanol–water partition coefficient (Wildman–Crippen LogP) is -0.490. The number of nitrogens with two attached hydrogens (primary N) is 1. The fourth-order valence-electron chi connectivity index (χ4n) is 1.13. The summed E-state index contributed by atoms with van der Waals surface area (Å²) >= 11 is 0. The molecule has 0 aliphatic heterocycles. The Hall–Kier alpha value is -1.98. The largest absolute Gasteiger partial charge is 0.468 e. The van der Waals surface area contributed by atoms with Crippen molar-refractivity contribution in [1.29, 1.82) is 0 Å². The number of methoxy groups -OCH3 is 1. The molecule has 0 spiro atoms. The summed E-state index contributed by atoms with van der Waals surface area (Å²) < 4.78 is 5.97. The van der Waals surface area contributed by atoms with Crippen molar-refractivity contribution in [3.05, 3.63) is 18.0 Å². The number of nitrogens with one attached hydrogen (secondary N) is 1. The Morgan fingerprint density at radius 1 is 1.60 bits per heavy atom. The number of hydrogen-bond donors (Lipinski definition) is 2. The Labute approximate surface area is 87.0 Å². The van der Waals surface area contributed by atoms with Crippen LogP contribution in [-0.4, -0.2) is 30.1 Å². The molecule has 1 rings (SSSR count). The lowest BCUT2D eigenvalue weighted by Gasteiger charge is -2.04. The molecule has 6 heteroatoms. The normalized spacial score (nSPS) is 9.73. The van der Waals surface area contributed by atoms with Crippen LogP contribution in [0.1, 0.15) is 10.5 Å². The molecule has 0 saturated heterocycles. The van der Waals surface area contributed by atoms with E-state index in [9.17, 15) is 9.59 Å². The van der Waals surface area contributed by atoms with E-state index in [1.807, 2.05) is 0 Å². The van der Waals surface area contributed by atoms with Crippen LogP contribution >= 0.6 is 0 Å². The van der Waals surface area contributed by atoms with Gasteiger partial charge in [0.05, 0.1) is 12.8 Å². The number of carbonyl (C=O) groups excluding carboxylic acids is 2. The summed E-state index contributed by atoms with van der Waals surface area (Å²) in [5.74, 6) is -0.856. The first-order valence-corrected chi connectivity index (χ1v) is 4.31. The van der Waals surface area contributed by atoms with E-state index in [1.54, 1.807) is 17.8 Å². The summed E-state index contributed by atoms with van der Waals surface area (Å²) in [5.41, 5.74) is 6.41. The molecule has 0 atom stereocenters. The van der Waals surface area contributed by atoms with Crippen molar-refractivity contribution in [3.8, 4) is 0 Å². The van der Waals surface area contributed by atoms with Crippen LogP contribution in [-0.2, 0) is 16.6 Å². The molecule has 0 bridgehead atoms. The summed E-state index contributed by atoms with van der Waals surface area (Å²) in [7, 11) is 2.96. The number of ether oxygens (including phenoxy) is 1. The van der Waals surface area contributed by atoms with E-state index in [-0.39, 0.29) is 12.5 Å². The highest BCUT2D eigenvalue weighted by atomic mass is 16.5. The molecule has 0 aliphatic rings. The lowest BCUT2D eigenvalue weighted by Crippen LogP contribution is -2.31. The molecule has 3 N–H and O–H groups in total. The molecule has 1 aromatic rings. The van der Waals surface area contributed by atoms with Gasteiger partial charge in [-0.15, -0.1) is 0 Å². The first-order chi connectivity index (χ1) is 7.04. The number of anilines is 1. The Bertz CT molecular complexity index is 384. The number of amides is 1. The second kappa shape index (κ2) is 4.50. The Morgan fingerprint density at radius 3 is 2.73 bits per heavy atom. The maximum atomic E-state index is 11.5. The van der Waals surface area contributed by atoms with E-state index in [1.165, 1.54) is 13.2 Å². The van der Waals surface area contributed by atoms with Gasteiger partial charge < -0.3 is 20.4 Å². The number of hydrogen-bond acceptors (Lipinski definition) is 4. The third-order valence-electron chi connectivity index (χ3n) is 1.88. The van der Waals surface area contributed by atoms with Gasteiger partial charge in [0.2, 0.25) is 0 Å². The average Bonchev–Trinajstić information content (AvgIpc) is 2.53. The number of nitrogens with zero attached hydrogens (tertiary/aromatic N) is 1. The van der Waals surface area contributed by atoms with Gasteiger partial charge in [-0.05, 0) is 6.07 Å². The molecule has 1 amide bonds. The zero-order valence-electron chi connectivity index (χ0n) is 8.61. The Balaban J connectivity index is 2.61. The van der Waals surface area contributed by atoms with Crippen molar-refractivity contribution >= 4 is 17.6 Å². The highest BCUT2D eigenvalue weighted by Gasteiger charge is 2.11. The summed E-state index contributed by atoms with van der Waals surface area (Å²) in [6.45, 7) is -0.152. The first-order valence-electron chi connectivity index (χ1n) is 4.31. The van der Waals surface area contributed by atoms with Gasteiger partial charge >= 0.3 is 5.97 Å². The van der Waals surface area contributed by atoms with Crippen LogP contribution < -0.4 is 11.1 Å². The summed E-state index contributed by atoms with van der Waals surface area (Å²) in [5, 5.41) is 2.41. The minimum atomic E-state index is -0.495. The van der Waals surface area contributed by atoms with E-state index in [4.69, 9.17) is 5.73 Å². The molecular weight excluding hydrogens is 198 g/mol. The van der Waals surface area contributed by atoms with E-state index in [2.05, 4.69) is 10.1 Å². The van der Waals surface area contributed by atoms with Gasteiger partial charge in [0.1, 0.15) is 12.2 Å². The van der Waals surface area contributed by atoms with Crippen molar-refractivity contribution in [3.63, 3.8) is 0 Å². The van der Waals surface area contributed by atoms with Gasteiger partial charge in [0.15, 0.2) is 0 Å².